The molecule has 0 spiro atoms. The molecule has 1 fully saturated rings. The average Bonchev–Trinajstić information content (AvgIpc) is 2.64. The molecule has 2 atom stereocenters. The third-order valence-corrected chi connectivity index (χ3v) is 5.02. The highest BCUT2D eigenvalue weighted by atomic mass is 32.2. The molecule has 1 heterocycles. The monoisotopic (exact) mass is 249 g/mol. The van der Waals surface area contributed by atoms with Gasteiger partial charge in [-0.2, -0.15) is 4.31 Å². The van der Waals surface area contributed by atoms with Gasteiger partial charge < -0.3 is 11.1 Å². The van der Waals surface area contributed by atoms with E-state index < -0.39 is 15.3 Å². The van der Waals surface area contributed by atoms with E-state index in [1.165, 1.54) is 11.2 Å². The number of hydrogen-bond donors (Lipinski definition) is 2. The van der Waals surface area contributed by atoms with Crippen molar-refractivity contribution in [2.45, 2.75) is 31.6 Å². The standard InChI is InChI=1S/C9H19N3O3S/c1-7(5-10)16(14,15)12-4-3-9(6-12)11-8(2)13/h7,9H,3-6,10H2,1-2H3,(H,11,13). The van der Waals surface area contributed by atoms with Gasteiger partial charge in [0.1, 0.15) is 0 Å². The maximum atomic E-state index is 11.9. The first-order valence-corrected chi connectivity index (χ1v) is 6.84. The summed E-state index contributed by atoms with van der Waals surface area (Å²) < 4.78 is 25.3. The first-order chi connectivity index (χ1) is 7.37. The number of carbonyl (C=O) groups excluding carboxylic acids is 1. The van der Waals surface area contributed by atoms with Crippen LogP contribution in [0.25, 0.3) is 0 Å². The van der Waals surface area contributed by atoms with E-state index in [0.29, 0.717) is 19.5 Å². The van der Waals surface area contributed by atoms with Gasteiger partial charge in [0.2, 0.25) is 15.9 Å². The van der Waals surface area contributed by atoms with Gasteiger partial charge >= 0.3 is 0 Å². The van der Waals surface area contributed by atoms with Crippen molar-refractivity contribution in [2.24, 2.45) is 5.73 Å². The fraction of sp³-hybridized carbons (Fsp3) is 0.889. The van der Waals surface area contributed by atoms with Crippen LogP contribution in [0.1, 0.15) is 20.3 Å². The van der Waals surface area contributed by atoms with Crippen LogP contribution in [0, 0.1) is 0 Å². The van der Waals surface area contributed by atoms with Crippen LogP contribution in [-0.2, 0) is 14.8 Å². The number of hydrogen-bond acceptors (Lipinski definition) is 4. The Bertz CT molecular complexity index is 355. The normalized spacial score (nSPS) is 24.3. The molecule has 0 bridgehead atoms. The molecule has 1 aliphatic rings. The van der Waals surface area contributed by atoms with Gasteiger partial charge in [-0.05, 0) is 13.3 Å². The Balaban J connectivity index is 2.62. The molecule has 3 N–H and O–H groups in total. The van der Waals surface area contributed by atoms with E-state index in [-0.39, 0.29) is 18.5 Å². The highest BCUT2D eigenvalue weighted by Gasteiger charge is 2.34. The van der Waals surface area contributed by atoms with Crippen molar-refractivity contribution in [1.29, 1.82) is 0 Å². The summed E-state index contributed by atoms with van der Waals surface area (Å²) in [5.41, 5.74) is 5.37. The highest BCUT2D eigenvalue weighted by Crippen LogP contribution is 2.17. The zero-order valence-electron chi connectivity index (χ0n) is 9.64. The molecule has 0 aliphatic carbocycles. The number of nitrogens with two attached hydrogens (primary N) is 1. The Morgan fingerprint density at radius 2 is 2.25 bits per heavy atom. The molecule has 1 saturated heterocycles. The lowest BCUT2D eigenvalue weighted by molar-refractivity contribution is -0.119. The summed E-state index contributed by atoms with van der Waals surface area (Å²) in [6.45, 7) is 3.95. The van der Waals surface area contributed by atoms with Crippen LogP contribution >= 0.6 is 0 Å². The van der Waals surface area contributed by atoms with E-state index in [1.807, 2.05) is 0 Å². The van der Waals surface area contributed by atoms with Crippen LogP contribution in [0.5, 0.6) is 0 Å². The SMILES string of the molecule is CC(=O)NC1CCN(S(=O)(=O)C(C)CN)C1. The quantitative estimate of drug-likeness (QED) is 0.659. The number of amides is 1. The summed E-state index contributed by atoms with van der Waals surface area (Å²) >= 11 is 0. The van der Waals surface area contributed by atoms with Gasteiger partial charge in [0.15, 0.2) is 0 Å². The molecule has 0 aromatic carbocycles. The molecule has 6 nitrogen and oxygen atoms in total. The second-order valence-electron chi connectivity index (χ2n) is 4.14. The van der Waals surface area contributed by atoms with Crippen molar-refractivity contribution >= 4 is 15.9 Å². The van der Waals surface area contributed by atoms with Crippen molar-refractivity contribution in [3.8, 4) is 0 Å². The summed E-state index contributed by atoms with van der Waals surface area (Å²) in [7, 11) is -3.30. The number of sulfonamides is 1. The Labute approximate surface area is 96.2 Å². The molecule has 2 unspecified atom stereocenters. The zero-order valence-corrected chi connectivity index (χ0v) is 10.5. The van der Waals surface area contributed by atoms with Gasteiger partial charge in [0.05, 0.1) is 5.25 Å². The lowest BCUT2D eigenvalue weighted by Gasteiger charge is -2.20. The van der Waals surface area contributed by atoms with Gasteiger partial charge in [-0.3, -0.25) is 4.79 Å². The summed E-state index contributed by atoms with van der Waals surface area (Å²) in [6.07, 6.45) is 0.663. The largest absolute Gasteiger partial charge is 0.352 e. The second kappa shape index (κ2) is 5.11. The lowest BCUT2D eigenvalue weighted by Crippen LogP contribution is -2.42. The Kier molecular flexibility index (Phi) is 4.28. The highest BCUT2D eigenvalue weighted by molar-refractivity contribution is 7.89. The topological polar surface area (TPSA) is 92.5 Å². The van der Waals surface area contributed by atoms with Crippen LogP contribution < -0.4 is 11.1 Å². The summed E-state index contributed by atoms with van der Waals surface area (Å²) in [5.74, 6) is -0.129. The summed E-state index contributed by atoms with van der Waals surface area (Å²) in [4.78, 5) is 10.8. The average molecular weight is 249 g/mol. The summed E-state index contributed by atoms with van der Waals surface area (Å²) in [5, 5.41) is 2.16. The molecule has 0 aromatic heterocycles. The van der Waals surface area contributed by atoms with Crippen molar-refractivity contribution in [2.75, 3.05) is 19.6 Å². The first-order valence-electron chi connectivity index (χ1n) is 5.34. The van der Waals surface area contributed by atoms with Crippen LogP contribution in [0.3, 0.4) is 0 Å². The number of carbonyl (C=O) groups is 1. The van der Waals surface area contributed by atoms with E-state index >= 15 is 0 Å². The number of nitrogens with one attached hydrogen (secondary N) is 1. The molecule has 16 heavy (non-hydrogen) atoms. The van der Waals surface area contributed by atoms with Gasteiger partial charge in [-0.25, -0.2) is 8.42 Å². The van der Waals surface area contributed by atoms with Gasteiger partial charge in [-0.1, -0.05) is 0 Å². The zero-order chi connectivity index (χ0) is 12.3. The molecule has 1 aliphatic heterocycles. The molecule has 1 amide bonds. The molecule has 7 heteroatoms. The fourth-order valence-corrected chi connectivity index (χ4v) is 3.24. The number of rotatable bonds is 4. The lowest BCUT2D eigenvalue weighted by atomic mass is 10.3. The van der Waals surface area contributed by atoms with Gasteiger partial charge in [0.25, 0.3) is 0 Å². The van der Waals surface area contributed by atoms with E-state index in [0.717, 1.165) is 0 Å². The van der Waals surface area contributed by atoms with Gasteiger partial charge in [0, 0.05) is 32.6 Å². The molecule has 1 rings (SSSR count). The minimum absolute atomic E-state index is 0.0720. The predicted octanol–water partition coefficient (Wildman–Crippen LogP) is -1.13. The maximum absolute atomic E-state index is 11.9. The minimum Gasteiger partial charge on any atom is -0.352 e. The Morgan fingerprint density at radius 1 is 1.62 bits per heavy atom. The third kappa shape index (κ3) is 2.93. The Morgan fingerprint density at radius 3 is 2.75 bits per heavy atom. The van der Waals surface area contributed by atoms with Crippen molar-refractivity contribution in [3.05, 3.63) is 0 Å². The van der Waals surface area contributed by atoms with E-state index in [9.17, 15) is 13.2 Å². The maximum Gasteiger partial charge on any atom is 0.218 e. The first kappa shape index (κ1) is 13.4. The van der Waals surface area contributed by atoms with E-state index in [2.05, 4.69) is 5.32 Å². The van der Waals surface area contributed by atoms with Crippen LogP contribution in [-0.4, -0.2) is 49.6 Å². The van der Waals surface area contributed by atoms with E-state index in [1.54, 1.807) is 6.92 Å². The van der Waals surface area contributed by atoms with Crippen LogP contribution in [0.4, 0.5) is 0 Å². The van der Waals surface area contributed by atoms with Crippen molar-refractivity contribution < 1.29 is 13.2 Å². The molecule has 94 valence electrons. The van der Waals surface area contributed by atoms with Crippen molar-refractivity contribution in [1.82, 2.24) is 9.62 Å². The number of nitrogens with zero attached hydrogens (tertiary/aromatic N) is 1. The second-order valence-corrected chi connectivity index (χ2v) is 6.49. The molecular formula is C9H19N3O3S. The fourth-order valence-electron chi connectivity index (χ4n) is 1.74. The van der Waals surface area contributed by atoms with E-state index in [4.69, 9.17) is 5.73 Å². The van der Waals surface area contributed by atoms with Gasteiger partial charge in [-0.15, -0.1) is 0 Å². The van der Waals surface area contributed by atoms with Crippen LogP contribution in [0.15, 0.2) is 0 Å². The summed E-state index contributed by atoms with van der Waals surface area (Å²) in [6, 6.07) is -0.0720. The van der Waals surface area contributed by atoms with Crippen molar-refractivity contribution in [3.63, 3.8) is 0 Å². The minimum atomic E-state index is -3.30. The molecule has 0 radical (unpaired) electrons. The van der Waals surface area contributed by atoms with Crippen LogP contribution in [0.2, 0.25) is 0 Å². The predicted molar refractivity (Wildman–Crippen MR) is 61.2 cm³/mol. The third-order valence-electron chi connectivity index (χ3n) is 2.76. The molecular weight excluding hydrogens is 230 g/mol. The molecule has 0 aromatic rings. The Hall–Kier alpha value is -0.660. The smallest absolute Gasteiger partial charge is 0.218 e. The molecule has 0 saturated carbocycles.